The van der Waals surface area contributed by atoms with Crippen LogP contribution in [0.1, 0.15) is 18.9 Å². The van der Waals surface area contributed by atoms with E-state index in [2.05, 4.69) is 27.5 Å². The molecule has 1 aromatic carbocycles. The van der Waals surface area contributed by atoms with E-state index in [0.29, 0.717) is 22.3 Å². The second-order valence-corrected chi connectivity index (χ2v) is 4.93. The third-order valence-electron chi connectivity index (χ3n) is 2.87. The Kier molecular flexibility index (Phi) is 4.63. The first-order chi connectivity index (χ1) is 9.61. The van der Waals surface area contributed by atoms with E-state index in [-0.39, 0.29) is 0 Å². The fourth-order valence-electron chi connectivity index (χ4n) is 1.77. The van der Waals surface area contributed by atoms with Gasteiger partial charge in [0.25, 0.3) is 0 Å². The number of halogens is 1. The Hall–Kier alpha value is -2.01. The summed E-state index contributed by atoms with van der Waals surface area (Å²) in [5.74, 6) is 1.24. The van der Waals surface area contributed by atoms with E-state index in [4.69, 9.17) is 17.3 Å². The van der Waals surface area contributed by atoms with E-state index in [1.165, 1.54) is 6.33 Å². The number of aromatic nitrogens is 2. The topological polar surface area (TPSA) is 75.9 Å². The first kappa shape index (κ1) is 14.4. The van der Waals surface area contributed by atoms with Crippen molar-refractivity contribution in [3.05, 3.63) is 35.1 Å². The number of benzene rings is 1. The minimum atomic E-state index is 0.510. The van der Waals surface area contributed by atoms with Crippen LogP contribution in [-0.4, -0.2) is 16.5 Å². The normalized spacial score (nSPS) is 10.3. The van der Waals surface area contributed by atoms with Crippen molar-refractivity contribution >= 4 is 34.6 Å². The Bertz CT molecular complexity index is 600. The molecule has 1 aromatic heterocycles. The van der Waals surface area contributed by atoms with Gasteiger partial charge in [-0.1, -0.05) is 18.5 Å². The summed E-state index contributed by atoms with van der Waals surface area (Å²) in [6.07, 6.45) is 2.49. The first-order valence-electron chi connectivity index (χ1n) is 6.49. The summed E-state index contributed by atoms with van der Waals surface area (Å²) in [4.78, 5) is 8.33. The molecule has 2 aromatic rings. The van der Waals surface area contributed by atoms with Crippen molar-refractivity contribution in [2.45, 2.75) is 20.3 Å². The van der Waals surface area contributed by atoms with Gasteiger partial charge >= 0.3 is 0 Å². The summed E-state index contributed by atoms with van der Waals surface area (Å²) in [6, 6.07) is 5.61. The zero-order chi connectivity index (χ0) is 14.5. The van der Waals surface area contributed by atoms with Gasteiger partial charge in [-0.2, -0.15) is 0 Å². The van der Waals surface area contributed by atoms with E-state index in [0.717, 1.165) is 24.2 Å². The monoisotopic (exact) mass is 291 g/mol. The number of nitrogen functional groups attached to an aromatic ring is 1. The largest absolute Gasteiger partial charge is 0.393 e. The minimum Gasteiger partial charge on any atom is -0.393 e. The number of rotatable bonds is 5. The second kappa shape index (κ2) is 6.43. The van der Waals surface area contributed by atoms with E-state index < -0.39 is 0 Å². The van der Waals surface area contributed by atoms with Gasteiger partial charge in [0.05, 0.1) is 0 Å². The lowest BCUT2D eigenvalue weighted by Gasteiger charge is -2.13. The molecule has 0 atom stereocenters. The van der Waals surface area contributed by atoms with Gasteiger partial charge in [0, 0.05) is 17.3 Å². The van der Waals surface area contributed by atoms with Crippen molar-refractivity contribution in [3.8, 4) is 0 Å². The fourth-order valence-corrected chi connectivity index (χ4v) is 2.00. The number of hydrogen-bond acceptors (Lipinski definition) is 5. The van der Waals surface area contributed by atoms with Crippen molar-refractivity contribution in [1.29, 1.82) is 0 Å². The molecule has 5 nitrogen and oxygen atoms in total. The van der Waals surface area contributed by atoms with Crippen LogP contribution in [0.2, 0.25) is 5.02 Å². The highest BCUT2D eigenvalue weighted by Crippen LogP contribution is 2.28. The Morgan fingerprint density at radius 3 is 2.70 bits per heavy atom. The van der Waals surface area contributed by atoms with Crippen LogP contribution in [0.15, 0.2) is 24.5 Å². The molecule has 0 radical (unpaired) electrons. The lowest BCUT2D eigenvalue weighted by molar-refractivity contribution is 0.966. The first-order valence-corrected chi connectivity index (χ1v) is 6.87. The summed E-state index contributed by atoms with van der Waals surface area (Å²) >= 11 is 5.95. The van der Waals surface area contributed by atoms with Crippen molar-refractivity contribution in [2.75, 3.05) is 22.9 Å². The van der Waals surface area contributed by atoms with E-state index in [1.807, 2.05) is 25.1 Å². The highest BCUT2D eigenvalue weighted by molar-refractivity contribution is 6.30. The van der Waals surface area contributed by atoms with Crippen molar-refractivity contribution in [1.82, 2.24) is 9.97 Å². The Balaban J connectivity index is 2.24. The number of hydrogen-bond donors (Lipinski definition) is 3. The number of nitrogens with two attached hydrogens (primary N) is 1. The SMILES string of the molecule is CCCNc1ncnc(Nc2ccc(Cl)cc2C)c1N. The van der Waals surface area contributed by atoms with Gasteiger partial charge in [-0.25, -0.2) is 9.97 Å². The van der Waals surface area contributed by atoms with Gasteiger partial charge in [-0.05, 0) is 37.1 Å². The Labute approximate surface area is 123 Å². The number of anilines is 4. The molecule has 0 saturated heterocycles. The molecule has 20 heavy (non-hydrogen) atoms. The van der Waals surface area contributed by atoms with E-state index in [1.54, 1.807) is 0 Å². The highest BCUT2D eigenvalue weighted by Gasteiger charge is 2.09. The molecule has 0 spiro atoms. The summed E-state index contributed by atoms with van der Waals surface area (Å²) in [6.45, 7) is 4.88. The smallest absolute Gasteiger partial charge is 0.159 e. The predicted octanol–water partition coefficient (Wildman–Crippen LogP) is 3.59. The molecule has 0 saturated carbocycles. The van der Waals surface area contributed by atoms with Gasteiger partial charge < -0.3 is 16.4 Å². The van der Waals surface area contributed by atoms with Crippen LogP contribution >= 0.6 is 11.6 Å². The Morgan fingerprint density at radius 2 is 2.00 bits per heavy atom. The summed E-state index contributed by atoms with van der Waals surface area (Å²) in [5.41, 5.74) is 8.53. The molecule has 2 rings (SSSR count). The molecule has 0 unspecified atom stereocenters. The van der Waals surface area contributed by atoms with Gasteiger partial charge in [-0.15, -0.1) is 0 Å². The van der Waals surface area contributed by atoms with Gasteiger partial charge in [0.2, 0.25) is 0 Å². The lowest BCUT2D eigenvalue weighted by Crippen LogP contribution is -2.08. The number of nitrogens with zero attached hydrogens (tertiary/aromatic N) is 2. The maximum absolute atomic E-state index is 6.08. The maximum atomic E-state index is 6.08. The zero-order valence-electron chi connectivity index (χ0n) is 11.6. The standard InChI is InChI=1S/C14H18ClN5/c1-3-6-17-13-12(16)14(19-8-18-13)20-11-5-4-10(15)7-9(11)2/h4-5,7-8H,3,6,16H2,1-2H3,(H2,17,18,19,20). The zero-order valence-corrected chi connectivity index (χ0v) is 12.3. The molecule has 0 aliphatic heterocycles. The molecule has 0 amide bonds. The van der Waals surface area contributed by atoms with E-state index >= 15 is 0 Å². The molecule has 0 bridgehead atoms. The van der Waals surface area contributed by atoms with Crippen LogP contribution in [0.3, 0.4) is 0 Å². The van der Waals surface area contributed by atoms with Crippen LogP contribution in [-0.2, 0) is 0 Å². The van der Waals surface area contributed by atoms with Crippen LogP contribution in [0.5, 0.6) is 0 Å². The van der Waals surface area contributed by atoms with Crippen LogP contribution < -0.4 is 16.4 Å². The minimum absolute atomic E-state index is 0.510. The van der Waals surface area contributed by atoms with Gasteiger partial charge in [0.1, 0.15) is 12.0 Å². The molecule has 106 valence electrons. The molecular weight excluding hydrogens is 274 g/mol. The maximum Gasteiger partial charge on any atom is 0.159 e. The third-order valence-corrected chi connectivity index (χ3v) is 3.10. The molecule has 6 heteroatoms. The van der Waals surface area contributed by atoms with Crippen LogP contribution in [0.4, 0.5) is 23.0 Å². The van der Waals surface area contributed by atoms with Crippen LogP contribution in [0, 0.1) is 6.92 Å². The summed E-state index contributed by atoms with van der Waals surface area (Å²) < 4.78 is 0. The fraction of sp³-hybridized carbons (Fsp3) is 0.286. The number of nitrogens with one attached hydrogen (secondary N) is 2. The van der Waals surface area contributed by atoms with Crippen molar-refractivity contribution < 1.29 is 0 Å². The molecule has 4 N–H and O–H groups in total. The molecule has 0 aliphatic carbocycles. The van der Waals surface area contributed by atoms with Crippen molar-refractivity contribution in [2.24, 2.45) is 0 Å². The van der Waals surface area contributed by atoms with Crippen LogP contribution in [0.25, 0.3) is 0 Å². The average molecular weight is 292 g/mol. The quantitative estimate of drug-likeness (QED) is 0.785. The van der Waals surface area contributed by atoms with E-state index in [9.17, 15) is 0 Å². The lowest BCUT2D eigenvalue weighted by atomic mass is 10.2. The van der Waals surface area contributed by atoms with Gasteiger partial charge in [0.15, 0.2) is 11.6 Å². The van der Waals surface area contributed by atoms with Crippen molar-refractivity contribution in [3.63, 3.8) is 0 Å². The summed E-state index contributed by atoms with van der Waals surface area (Å²) in [7, 11) is 0. The molecule has 0 aliphatic rings. The van der Waals surface area contributed by atoms with Gasteiger partial charge in [-0.3, -0.25) is 0 Å². The Morgan fingerprint density at radius 1 is 1.25 bits per heavy atom. The predicted molar refractivity (Wildman–Crippen MR) is 84.7 cm³/mol. The number of aryl methyl sites for hydroxylation is 1. The molecule has 1 heterocycles. The molecular formula is C14H18ClN5. The second-order valence-electron chi connectivity index (χ2n) is 4.50. The highest BCUT2D eigenvalue weighted by atomic mass is 35.5. The summed E-state index contributed by atoms with van der Waals surface area (Å²) in [5, 5.41) is 7.09. The molecule has 0 fully saturated rings. The third kappa shape index (κ3) is 3.30. The average Bonchev–Trinajstić information content (AvgIpc) is 2.42.